The molecule has 0 aliphatic carbocycles. The molecule has 0 bridgehead atoms. The molecule has 0 saturated carbocycles. The molecule has 3 heteroatoms. The molecule has 1 atom stereocenters. The van der Waals surface area contributed by atoms with E-state index in [1.54, 1.807) is 0 Å². The minimum absolute atomic E-state index is 0.686. The van der Waals surface area contributed by atoms with E-state index in [0.29, 0.717) is 5.92 Å². The van der Waals surface area contributed by atoms with E-state index < -0.39 is 0 Å². The largest absolute Gasteiger partial charge is 0.441 e. The Hall–Kier alpha value is -1.35. The maximum Gasteiger partial charge on any atom is 0.195 e. The van der Waals surface area contributed by atoms with E-state index in [2.05, 4.69) is 24.9 Å². The summed E-state index contributed by atoms with van der Waals surface area (Å²) in [5.74, 6) is 1.54. The fraction of sp³-hybridized carbons (Fsp3) is 0.533. The van der Waals surface area contributed by atoms with Crippen LogP contribution in [-0.2, 0) is 6.42 Å². The van der Waals surface area contributed by atoms with Gasteiger partial charge in [-0.3, -0.25) is 0 Å². The van der Waals surface area contributed by atoms with Gasteiger partial charge < -0.3 is 10.2 Å². The van der Waals surface area contributed by atoms with Gasteiger partial charge in [-0.05, 0) is 43.9 Å². The van der Waals surface area contributed by atoms with Gasteiger partial charge in [0.15, 0.2) is 11.5 Å². The lowest BCUT2D eigenvalue weighted by molar-refractivity contribution is 0.415. The number of fused-ring (bicyclic) bond motifs is 1. The van der Waals surface area contributed by atoms with Crippen molar-refractivity contribution in [2.45, 2.75) is 39.5 Å². The number of hydrogen-bond acceptors (Lipinski definition) is 3. The van der Waals surface area contributed by atoms with E-state index in [1.807, 2.05) is 12.1 Å². The van der Waals surface area contributed by atoms with E-state index >= 15 is 0 Å². The average Bonchev–Trinajstić information content (AvgIpc) is 2.79. The van der Waals surface area contributed by atoms with Crippen molar-refractivity contribution in [1.29, 1.82) is 0 Å². The second-order valence-electron chi connectivity index (χ2n) is 4.92. The third-order valence-corrected chi connectivity index (χ3v) is 3.58. The summed E-state index contributed by atoms with van der Waals surface area (Å²) in [5, 5.41) is 0. The molecule has 2 rings (SSSR count). The van der Waals surface area contributed by atoms with Crippen molar-refractivity contribution >= 4 is 11.1 Å². The fourth-order valence-electron chi connectivity index (χ4n) is 2.35. The van der Waals surface area contributed by atoms with Crippen LogP contribution in [0.25, 0.3) is 11.1 Å². The number of rotatable bonds is 6. The Kier molecular flexibility index (Phi) is 4.37. The predicted octanol–water partition coefficient (Wildman–Crippen LogP) is 3.44. The van der Waals surface area contributed by atoms with Crippen molar-refractivity contribution in [1.82, 2.24) is 4.98 Å². The highest BCUT2D eigenvalue weighted by molar-refractivity contribution is 5.76. The molecule has 1 aromatic heterocycles. The SMILES string of the molecule is CCC(CCN)CCc1nc2c(C)cccc2o1. The molecule has 1 aromatic carbocycles. The van der Waals surface area contributed by atoms with Crippen molar-refractivity contribution in [3.63, 3.8) is 0 Å². The molecule has 0 aliphatic heterocycles. The minimum atomic E-state index is 0.686. The van der Waals surface area contributed by atoms with Crippen molar-refractivity contribution < 1.29 is 4.42 Å². The molecular weight excluding hydrogens is 224 g/mol. The molecule has 2 N–H and O–H groups in total. The van der Waals surface area contributed by atoms with Crippen LogP contribution in [0.4, 0.5) is 0 Å². The van der Waals surface area contributed by atoms with E-state index in [-0.39, 0.29) is 0 Å². The van der Waals surface area contributed by atoms with Crippen LogP contribution in [0, 0.1) is 12.8 Å². The van der Waals surface area contributed by atoms with Gasteiger partial charge in [0.05, 0.1) is 0 Å². The van der Waals surface area contributed by atoms with Crippen molar-refractivity contribution in [3.05, 3.63) is 29.7 Å². The first-order chi connectivity index (χ1) is 8.74. The van der Waals surface area contributed by atoms with Crippen molar-refractivity contribution in [2.24, 2.45) is 11.7 Å². The van der Waals surface area contributed by atoms with Crippen LogP contribution < -0.4 is 5.73 Å². The van der Waals surface area contributed by atoms with Crippen molar-refractivity contribution in [3.8, 4) is 0 Å². The molecule has 98 valence electrons. The summed E-state index contributed by atoms with van der Waals surface area (Å²) in [6, 6.07) is 6.06. The molecule has 0 fully saturated rings. The number of benzene rings is 1. The van der Waals surface area contributed by atoms with Crippen LogP contribution in [0.2, 0.25) is 0 Å². The third-order valence-electron chi connectivity index (χ3n) is 3.58. The summed E-state index contributed by atoms with van der Waals surface area (Å²) >= 11 is 0. The average molecular weight is 246 g/mol. The van der Waals surface area contributed by atoms with E-state index in [9.17, 15) is 0 Å². The lowest BCUT2D eigenvalue weighted by Crippen LogP contribution is -2.09. The smallest absolute Gasteiger partial charge is 0.195 e. The van der Waals surface area contributed by atoms with Gasteiger partial charge in [-0.1, -0.05) is 25.5 Å². The Morgan fingerprint density at radius 3 is 2.83 bits per heavy atom. The Balaban J connectivity index is 2.06. The van der Waals surface area contributed by atoms with Crippen molar-refractivity contribution in [2.75, 3.05) is 6.54 Å². The second kappa shape index (κ2) is 6.01. The van der Waals surface area contributed by atoms with Gasteiger partial charge in [-0.15, -0.1) is 0 Å². The zero-order valence-electron chi connectivity index (χ0n) is 11.3. The molecule has 1 unspecified atom stereocenters. The highest BCUT2D eigenvalue weighted by Crippen LogP contribution is 2.21. The van der Waals surface area contributed by atoms with Crippen LogP contribution in [0.15, 0.2) is 22.6 Å². The highest BCUT2D eigenvalue weighted by Gasteiger charge is 2.10. The summed E-state index contributed by atoms with van der Waals surface area (Å²) < 4.78 is 5.78. The molecule has 3 nitrogen and oxygen atoms in total. The van der Waals surface area contributed by atoms with E-state index in [1.165, 1.54) is 12.0 Å². The Morgan fingerprint density at radius 2 is 2.17 bits per heavy atom. The third kappa shape index (κ3) is 2.91. The van der Waals surface area contributed by atoms with Crippen LogP contribution in [0.1, 0.15) is 37.6 Å². The fourth-order valence-corrected chi connectivity index (χ4v) is 2.35. The van der Waals surface area contributed by atoms with E-state index in [0.717, 1.165) is 42.8 Å². The summed E-state index contributed by atoms with van der Waals surface area (Å²) in [4.78, 5) is 4.58. The molecule has 0 spiro atoms. The molecule has 18 heavy (non-hydrogen) atoms. The number of oxazole rings is 1. The highest BCUT2D eigenvalue weighted by atomic mass is 16.3. The Bertz CT molecular complexity index is 504. The zero-order chi connectivity index (χ0) is 13.0. The lowest BCUT2D eigenvalue weighted by atomic mass is 9.97. The summed E-state index contributed by atoms with van der Waals surface area (Å²) in [7, 11) is 0. The maximum atomic E-state index is 5.78. The Morgan fingerprint density at radius 1 is 1.33 bits per heavy atom. The normalized spacial score (nSPS) is 13.1. The monoisotopic (exact) mass is 246 g/mol. The zero-order valence-corrected chi connectivity index (χ0v) is 11.3. The molecule has 0 amide bonds. The van der Waals surface area contributed by atoms with Crippen LogP contribution in [0.3, 0.4) is 0 Å². The Labute approximate surface area is 108 Å². The van der Waals surface area contributed by atoms with Crippen LogP contribution in [-0.4, -0.2) is 11.5 Å². The second-order valence-corrected chi connectivity index (χ2v) is 4.92. The van der Waals surface area contributed by atoms with Crippen LogP contribution in [0.5, 0.6) is 0 Å². The molecule has 2 aromatic rings. The number of nitrogens with zero attached hydrogens (tertiary/aromatic N) is 1. The molecular formula is C15H22N2O. The van der Waals surface area contributed by atoms with Gasteiger partial charge in [-0.25, -0.2) is 4.98 Å². The van der Waals surface area contributed by atoms with E-state index in [4.69, 9.17) is 10.2 Å². The van der Waals surface area contributed by atoms with Gasteiger partial charge in [0, 0.05) is 6.42 Å². The van der Waals surface area contributed by atoms with Gasteiger partial charge in [0.1, 0.15) is 5.52 Å². The lowest BCUT2D eigenvalue weighted by Gasteiger charge is -2.11. The first-order valence-electron chi connectivity index (χ1n) is 6.79. The van der Waals surface area contributed by atoms with Gasteiger partial charge in [0.25, 0.3) is 0 Å². The summed E-state index contributed by atoms with van der Waals surface area (Å²) in [6.07, 6.45) is 4.29. The molecule has 0 aliphatic rings. The summed E-state index contributed by atoms with van der Waals surface area (Å²) in [6.45, 7) is 5.06. The number of hydrogen-bond donors (Lipinski definition) is 1. The quantitative estimate of drug-likeness (QED) is 0.849. The summed E-state index contributed by atoms with van der Waals surface area (Å²) in [5.41, 5.74) is 8.69. The topological polar surface area (TPSA) is 52.0 Å². The van der Waals surface area contributed by atoms with Gasteiger partial charge in [-0.2, -0.15) is 0 Å². The first kappa shape index (κ1) is 13.1. The molecule has 1 heterocycles. The molecule has 0 saturated heterocycles. The molecule has 0 radical (unpaired) electrons. The maximum absolute atomic E-state index is 5.78. The van der Waals surface area contributed by atoms with Gasteiger partial charge >= 0.3 is 0 Å². The van der Waals surface area contributed by atoms with Gasteiger partial charge in [0.2, 0.25) is 0 Å². The number of aromatic nitrogens is 1. The van der Waals surface area contributed by atoms with Crippen LogP contribution >= 0.6 is 0 Å². The number of para-hydroxylation sites is 1. The first-order valence-corrected chi connectivity index (χ1v) is 6.79. The number of aryl methyl sites for hydroxylation is 2. The number of nitrogens with two attached hydrogens (primary N) is 1. The minimum Gasteiger partial charge on any atom is -0.441 e. The predicted molar refractivity (Wildman–Crippen MR) is 74.5 cm³/mol. The standard InChI is InChI=1S/C15H22N2O/c1-3-12(9-10-16)7-8-14-17-15-11(2)5-4-6-13(15)18-14/h4-6,12H,3,7-10,16H2,1-2H3.